The van der Waals surface area contributed by atoms with Crippen LogP contribution in [0.25, 0.3) is 0 Å². The molecule has 1 saturated heterocycles. The molecule has 0 amide bonds. The summed E-state index contributed by atoms with van der Waals surface area (Å²) in [5.41, 5.74) is -1.47. The Morgan fingerprint density at radius 2 is 1.53 bits per heavy atom. The fourth-order valence-electron chi connectivity index (χ4n) is 3.40. The van der Waals surface area contributed by atoms with Crippen LogP contribution in [0.1, 0.15) is 12.6 Å². The molecular weight excluding hydrogens is 515 g/mol. The second kappa shape index (κ2) is 11.8. The van der Waals surface area contributed by atoms with Crippen LogP contribution in [0.5, 0.6) is 23.0 Å². The topological polar surface area (TPSA) is 130 Å². The van der Waals surface area contributed by atoms with E-state index in [1.807, 2.05) is 0 Å². The van der Waals surface area contributed by atoms with E-state index in [1.165, 1.54) is 0 Å². The van der Waals surface area contributed by atoms with Crippen LogP contribution in [0.2, 0.25) is 5.02 Å². The third-order valence-corrected chi connectivity index (χ3v) is 6.56. The summed E-state index contributed by atoms with van der Waals surface area (Å²) in [5.74, 6) is 2.33. The van der Waals surface area contributed by atoms with Gasteiger partial charge in [0.05, 0.1) is 26.9 Å². The smallest absolute Gasteiger partial charge is 0.463 e. The number of halogens is 1. The Morgan fingerprint density at radius 1 is 1.00 bits per heavy atom. The van der Waals surface area contributed by atoms with Crippen molar-refractivity contribution in [3.63, 3.8) is 0 Å². The Kier molecular flexibility index (Phi) is 8.50. The van der Waals surface area contributed by atoms with Crippen molar-refractivity contribution >= 4 is 20.2 Å². The molecule has 11 nitrogen and oxygen atoms in total. The maximum absolute atomic E-state index is 12.2. The number of benzene rings is 2. The van der Waals surface area contributed by atoms with Gasteiger partial charge in [-0.2, -0.15) is 0 Å². The molecule has 36 heavy (non-hydrogen) atoms. The zero-order valence-electron chi connectivity index (χ0n) is 19.3. The molecule has 0 bridgehead atoms. The van der Waals surface area contributed by atoms with Crippen LogP contribution >= 0.6 is 20.2 Å². The summed E-state index contributed by atoms with van der Waals surface area (Å²) in [5, 5.41) is 10.3. The van der Waals surface area contributed by atoms with Crippen LogP contribution in [-0.2, 0) is 9.26 Å². The van der Waals surface area contributed by atoms with E-state index in [4.69, 9.17) is 39.4 Å². The summed E-state index contributed by atoms with van der Waals surface area (Å²) in [6, 6.07) is 13.8. The maximum Gasteiger partial charge on any atom is 0.463 e. The molecule has 192 valence electrons. The number of nitrogens with zero attached hydrogens (tertiary/aromatic N) is 1. The lowest BCUT2D eigenvalue weighted by atomic mass is 10.2. The quantitative estimate of drug-likeness (QED) is 0.373. The summed E-state index contributed by atoms with van der Waals surface area (Å²) >= 11 is 5.83. The predicted molar refractivity (Wildman–Crippen MR) is 131 cm³/mol. The Bertz CT molecular complexity index is 1220. The van der Waals surface area contributed by atoms with Gasteiger partial charge in [0, 0.05) is 12.6 Å². The van der Waals surface area contributed by atoms with Crippen molar-refractivity contribution in [3.05, 3.63) is 80.6 Å². The zero-order valence-corrected chi connectivity index (χ0v) is 21.0. The SMILES string of the molecule is COc1ccc(OP(OCC2CC(O)C(n3cc(Cl)c(=O)[nH]c3=O)O2)Oc2ccc(OC)cc2)cc1. The van der Waals surface area contributed by atoms with Gasteiger partial charge in [-0.05, 0) is 48.5 Å². The predicted octanol–water partition coefficient (Wildman–Crippen LogP) is 3.26. The lowest BCUT2D eigenvalue weighted by Crippen LogP contribution is -2.35. The standard InChI is InChI=1S/C23H24ClN2O9P/c1-30-14-3-7-16(8-4-14)34-36(35-17-9-5-15(31-2)6-10-17)32-13-18-11-20(27)22(33-18)26-12-19(24)21(28)25-23(26)29/h3-10,12,18,20,22,27H,11,13H2,1-2H3,(H,25,28,29). The van der Waals surface area contributed by atoms with Gasteiger partial charge >= 0.3 is 14.3 Å². The minimum Gasteiger partial charge on any atom is -0.497 e. The molecule has 2 aromatic carbocycles. The van der Waals surface area contributed by atoms with Crippen molar-refractivity contribution in [1.29, 1.82) is 0 Å². The van der Waals surface area contributed by atoms with E-state index in [0.29, 0.717) is 23.0 Å². The first-order valence-corrected chi connectivity index (χ1v) is 12.2. The molecule has 0 spiro atoms. The fourth-order valence-corrected chi connectivity index (χ4v) is 4.57. The summed E-state index contributed by atoms with van der Waals surface area (Å²) in [6.07, 6.45) is -1.37. The average molecular weight is 539 g/mol. The molecule has 3 unspecified atom stereocenters. The number of aromatic amines is 1. The summed E-state index contributed by atoms with van der Waals surface area (Å²) < 4.78 is 34.9. The van der Waals surface area contributed by atoms with Gasteiger partial charge in [-0.15, -0.1) is 0 Å². The van der Waals surface area contributed by atoms with E-state index in [-0.39, 0.29) is 18.1 Å². The highest BCUT2D eigenvalue weighted by Crippen LogP contribution is 2.43. The van der Waals surface area contributed by atoms with Crippen molar-refractivity contribution in [2.24, 2.45) is 0 Å². The lowest BCUT2D eigenvalue weighted by Gasteiger charge is -2.20. The first kappa shape index (κ1) is 26.0. The molecule has 0 saturated carbocycles. The highest BCUT2D eigenvalue weighted by molar-refractivity contribution is 7.42. The molecule has 4 rings (SSSR count). The van der Waals surface area contributed by atoms with E-state index in [9.17, 15) is 14.7 Å². The van der Waals surface area contributed by atoms with Crippen LogP contribution in [0.15, 0.2) is 64.3 Å². The highest BCUT2D eigenvalue weighted by Gasteiger charge is 2.37. The van der Waals surface area contributed by atoms with Gasteiger partial charge in [0.1, 0.15) is 34.1 Å². The first-order valence-electron chi connectivity index (χ1n) is 10.8. The van der Waals surface area contributed by atoms with E-state index in [1.54, 1.807) is 62.8 Å². The third-order valence-electron chi connectivity index (χ3n) is 5.21. The molecule has 0 radical (unpaired) electrons. The van der Waals surface area contributed by atoms with Crippen molar-refractivity contribution in [2.75, 3.05) is 20.8 Å². The summed E-state index contributed by atoms with van der Waals surface area (Å²) in [7, 11) is 1.20. The van der Waals surface area contributed by atoms with Crippen LogP contribution in [0.4, 0.5) is 0 Å². The third kappa shape index (κ3) is 6.37. The molecule has 1 fully saturated rings. The van der Waals surface area contributed by atoms with Crippen LogP contribution in [0, 0.1) is 0 Å². The van der Waals surface area contributed by atoms with Gasteiger partial charge in [-0.3, -0.25) is 18.9 Å². The van der Waals surface area contributed by atoms with Crippen LogP contribution in [-0.4, -0.2) is 47.7 Å². The number of aliphatic hydroxyl groups excluding tert-OH is 1. The molecule has 1 aliphatic rings. The highest BCUT2D eigenvalue weighted by atomic mass is 35.5. The van der Waals surface area contributed by atoms with Gasteiger partial charge < -0.3 is 28.4 Å². The molecule has 13 heteroatoms. The van der Waals surface area contributed by atoms with Gasteiger partial charge in [0.25, 0.3) is 5.56 Å². The Balaban J connectivity index is 1.44. The van der Waals surface area contributed by atoms with Gasteiger partial charge in [-0.25, -0.2) is 4.79 Å². The molecule has 1 aromatic heterocycles. The largest absolute Gasteiger partial charge is 0.497 e. The van der Waals surface area contributed by atoms with E-state index < -0.39 is 38.3 Å². The number of nitrogens with one attached hydrogen (secondary N) is 1. The minimum absolute atomic E-state index is 0.00257. The fraction of sp³-hybridized carbons (Fsp3) is 0.304. The molecule has 0 aliphatic carbocycles. The van der Waals surface area contributed by atoms with Gasteiger partial charge in [0.2, 0.25) is 0 Å². The Labute approximate surface area is 212 Å². The summed E-state index contributed by atoms with van der Waals surface area (Å²) in [4.78, 5) is 25.8. The number of methoxy groups -OCH3 is 2. The molecule has 3 aromatic rings. The number of ether oxygens (including phenoxy) is 3. The monoisotopic (exact) mass is 538 g/mol. The molecule has 3 atom stereocenters. The van der Waals surface area contributed by atoms with Crippen molar-refractivity contribution in [3.8, 4) is 23.0 Å². The number of H-pyrrole nitrogens is 1. The lowest BCUT2D eigenvalue weighted by molar-refractivity contribution is -0.0508. The molecular formula is C23H24ClN2O9P. The molecule has 2 heterocycles. The molecule has 1 aliphatic heterocycles. The van der Waals surface area contributed by atoms with Crippen LogP contribution < -0.4 is 29.8 Å². The number of hydrogen-bond donors (Lipinski definition) is 2. The van der Waals surface area contributed by atoms with Crippen LogP contribution in [0.3, 0.4) is 0 Å². The van der Waals surface area contributed by atoms with Crippen molar-refractivity contribution in [2.45, 2.75) is 24.9 Å². The van der Waals surface area contributed by atoms with E-state index in [2.05, 4.69) is 4.98 Å². The number of aromatic nitrogens is 2. The van der Waals surface area contributed by atoms with Crippen molar-refractivity contribution < 1.29 is 32.9 Å². The number of rotatable bonds is 10. The normalized spacial score (nSPS) is 19.3. The Hall–Kier alpha value is -3.08. The number of hydrogen-bond acceptors (Lipinski definition) is 9. The first-order chi connectivity index (χ1) is 17.4. The molecule has 2 N–H and O–H groups in total. The Morgan fingerprint density at radius 3 is 2.06 bits per heavy atom. The second-order valence-electron chi connectivity index (χ2n) is 7.65. The van der Waals surface area contributed by atoms with E-state index in [0.717, 1.165) is 10.8 Å². The minimum atomic E-state index is -1.94. The maximum atomic E-state index is 12.2. The number of aliphatic hydroxyl groups is 1. The van der Waals surface area contributed by atoms with E-state index >= 15 is 0 Å². The second-order valence-corrected chi connectivity index (χ2v) is 9.13. The summed E-state index contributed by atoms with van der Waals surface area (Å²) in [6.45, 7) is -0.00257. The average Bonchev–Trinajstić information content (AvgIpc) is 3.25. The van der Waals surface area contributed by atoms with Gasteiger partial charge in [-0.1, -0.05) is 11.6 Å². The van der Waals surface area contributed by atoms with Gasteiger partial charge in [0.15, 0.2) is 6.23 Å². The van der Waals surface area contributed by atoms with Crippen molar-refractivity contribution in [1.82, 2.24) is 9.55 Å². The zero-order chi connectivity index (χ0) is 25.7.